The molecule has 1 aromatic rings. The number of nitrogens with zero attached hydrogens (tertiary/aromatic N) is 3. The van der Waals surface area contributed by atoms with Gasteiger partial charge in [0.1, 0.15) is 5.75 Å². The van der Waals surface area contributed by atoms with Gasteiger partial charge in [0.15, 0.2) is 5.60 Å². The van der Waals surface area contributed by atoms with Gasteiger partial charge in [0, 0.05) is 38.3 Å². The quantitative estimate of drug-likeness (QED) is 0.584. The zero-order chi connectivity index (χ0) is 26.8. The van der Waals surface area contributed by atoms with Gasteiger partial charge in [0.2, 0.25) is 0 Å². The van der Waals surface area contributed by atoms with E-state index < -0.39 is 17.8 Å². The summed E-state index contributed by atoms with van der Waals surface area (Å²) in [7, 11) is 1.25. The Kier molecular flexibility index (Phi) is 8.22. The number of nitrogens with one attached hydrogen (secondary N) is 1. The van der Waals surface area contributed by atoms with Crippen LogP contribution >= 0.6 is 11.6 Å². The van der Waals surface area contributed by atoms with Gasteiger partial charge in [-0.1, -0.05) is 11.6 Å². The van der Waals surface area contributed by atoms with Crippen molar-refractivity contribution in [1.82, 2.24) is 15.1 Å². The molecule has 1 fully saturated rings. The van der Waals surface area contributed by atoms with Crippen LogP contribution in [0.15, 0.2) is 12.1 Å². The molecule has 36 heavy (non-hydrogen) atoms. The maximum Gasteiger partial charge on any atom is 0.407 e. The molecule has 2 N–H and O–H groups in total. The number of anilines is 1. The molecule has 4 amide bonds. The third kappa shape index (κ3) is 5.61. The predicted octanol–water partition coefficient (Wildman–Crippen LogP) is 3.19. The molecule has 1 aromatic carbocycles. The van der Waals surface area contributed by atoms with Crippen molar-refractivity contribution in [2.75, 3.05) is 38.2 Å². The van der Waals surface area contributed by atoms with E-state index in [1.807, 2.05) is 13.8 Å². The molecule has 2 heterocycles. The van der Waals surface area contributed by atoms with E-state index in [1.165, 1.54) is 29.0 Å². The van der Waals surface area contributed by atoms with Crippen LogP contribution in [0.4, 0.5) is 15.3 Å². The van der Waals surface area contributed by atoms with Crippen molar-refractivity contribution in [3.63, 3.8) is 0 Å². The van der Waals surface area contributed by atoms with Crippen molar-refractivity contribution >= 4 is 41.3 Å². The number of hydrogen-bond acceptors (Lipinski definition) is 6. The number of rotatable bonds is 6. The zero-order valence-electron chi connectivity index (χ0n) is 21.2. The molecular weight excluding hydrogens is 492 g/mol. The number of halogens is 1. The molecule has 0 aromatic heterocycles. The number of hydrogen-bond donors (Lipinski definition) is 2. The second-order valence-corrected chi connectivity index (χ2v) is 10.0. The number of methoxy groups -OCH3 is 1. The lowest BCUT2D eigenvalue weighted by Gasteiger charge is -2.41. The van der Waals surface area contributed by atoms with Gasteiger partial charge < -0.3 is 34.6 Å². The third-order valence-electron chi connectivity index (χ3n) is 6.34. The highest BCUT2D eigenvalue weighted by Crippen LogP contribution is 2.41. The standard InChI is InChI=1S/C24H33ClN4O7/c1-14(2)29(15-7-6-9-27(13-15)23(33)34)20(30)16-11-18-19(12-17(16)25)36-24(3,4)21(31)28(18)10-8-26-22(32)35-5/h11-12,14-15H,6-10,13H2,1-5H3,(H,26,32)(H,33,34)/t15-/m1/s1. The van der Waals surface area contributed by atoms with Crippen LogP contribution in [0, 0.1) is 0 Å². The molecule has 0 unspecified atom stereocenters. The Labute approximate surface area is 215 Å². The topological polar surface area (TPSA) is 129 Å². The molecular formula is C24H33ClN4O7. The first kappa shape index (κ1) is 27.4. The van der Waals surface area contributed by atoms with Crippen molar-refractivity contribution in [2.45, 2.75) is 58.2 Å². The van der Waals surface area contributed by atoms with Crippen LogP contribution in [0.2, 0.25) is 5.02 Å². The number of carboxylic acid groups (broad SMARTS) is 1. The molecule has 12 heteroatoms. The number of fused-ring (bicyclic) bond motifs is 1. The number of amides is 4. The minimum absolute atomic E-state index is 0.116. The largest absolute Gasteiger partial charge is 0.476 e. The van der Waals surface area contributed by atoms with E-state index >= 15 is 0 Å². The van der Waals surface area contributed by atoms with E-state index in [9.17, 15) is 24.3 Å². The Morgan fingerprint density at radius 3 is 2.64 bits per heavy atom. The van der Waals surface area contributed by atoms with E-state index in [4.69, 9.17) is 16.3 Å². The number of alkyl carbamates (subject to hydrolysis) is 1. The molecule has 3 rings (SSSR count). The van der Waals surface area contributed by atoms with Crippen LogP contribution in [0.1, 0.15) is 50.9 Å². The maximum absolute atomic E-state index is 13.8. The monoisotopic (exact) mass is 524 g/mol. The summed E-state index contributed by atoms with van der Waals surface area (Å²) >= 11 is 6.56. The van der Waals surface area contributed by atoms with Gasteiger partial charge in [-0.3, -0.25) is 9.59 Å². The highest BCUT2D eigenvalue weighted by atomic mass is 35.5. The Morgan fingerprint density at radius 1 is 1.33 bits per heavy atom. The van der Waals surface area contributed by atoms with Gasteiger partial charge in [-0.2, -0.15) is 0 Å². The maximum atomic E-state index is 13.8. The lowest BCUT2D eigenvalue weighted by molar-refractivity contribution is -0.132. The molecule has 0 radical (unpaired) electrons. The van der Waals surface area contributed by atoms with Crippen molar-refractivity contribution in [3.8, 4) is 5.75 Å². The van der Waals surface area contributed by atoms with Crippen LogP contribution in [0.25, 0.3) is 0 Å². The van der Waals surface area contributed by atoms with Gasteiger partial charge in [0.05, 0.1) is 29.4 Å². The fourth-order valence-corrected chi connectivity index (χ4v) is 4.87. The smallest absolute Gasteiger partial charge is 0.407 e. The van der Waals surface area contributed by atoms with Crippen molar-refractivity contribution in [2.24, 2.45) is 0 Å². The average Bonchev–Trinajstić information content (AvgIpc) is 2.80. The fourth-order valence-electron chi connectivity index (χ4n) is 4.63. The van der Waals surface area contributed by atoms with E-state index in [-0.39, 0.29) is 54.1 Å². The number of likely N-dealkylation sites (tertiary alicyclic amines) is 1. The number of ether oxygens (including phenoxy) is 2. The average molecular weight is 525 g/mol. The summed E-state index contributed by atoms with van der Waals surface area (Å²) in [6.07, 6.45) is -0.337. The van der Waals surface area contributed by atoms with Gasteiger partial charge >= 0.3 is 12.2 Å². The van der Waals surface area contributed by atoms with E-state index in [0.717, 1.165) is 0 Å². The summed E-state index contributed by atoms with van der Waals surface area (Å²) in [6, 6.07) is 2.51. The minimum atomic E-state index is -1.18. The lowest BCUT2D eigenvalue weighted by Crippen LogP contribution is -2.54. The molecule has 11 nitrogen and oxygen atoms in total. The highest BCUT2D eigenvalue weighted by Gasteiger charge is 2.42. The lowest BCUT2D eigenvalue weighted by atomic mass is 9.99. The van der Waals surface area contributed by atoms with E-state index in [2.05, 4.69) is 10.1 Å². The Morgan fingerprint density at radius 2 is 2.03 bits per heavy atom. The Balaban J connectivity index is 1.96. The number of piperidine rings is 1. The summed E-state index contributed by atoms with van der Waals surface area (Å²) < 4.78 is 10.5. The first-order valence-electron chi connectivity index (χ1n) is 11.8. The molecule has 2 aliphatic heterocycles. The first-order chi connectivity index (χ1) is 16.9. The fraction of sp³-hybridized carbons (Fsp3) is 0.583. The van der Waals surface area contributed by atoms with Crippen LogP contribution < -0.4 is 15.0 Å². The summed E-state index contributed by atoms with van der Waals surface area (Å²) in [5, 5.41) is 12.1. The van der Waals surface area contributed by atoms with Crippen molar-refractivity contribution in [1.29, 1.82) is 0 Å². The third-order valence-corrected chi connectivity index (χ3v) is 6.65. The molecule has 198 valence electrons. The van der Waals surface area contributed by atoms with Gasteiger partial charge in [-0.15, -0.1) is 0 Å². The minimum Gasteiger partial charge on any atom is -0.476 e. The number of carbonyl (C=O) groups excluding carboxylic acids is 3. The van der Waals surface area contributed by atoms with Crippen LogP contribution in [0.5, 0.6) is 5.75 Å². The predicted molar refractivity (Wildman–Crippen MR) is 133 cm³/mol. The molecule has 2 aliphatic rings. The van der Waals surface area contributed by atoms with Gasteiger partial charge in [-0.25, -0.2) is 9.59 Å². The molecule has 0 spiro atoms. The summed E-state index contributed by atoms with van der Waals surface area (Å²) in [5.74, 6) is -0.363. The van der Waals surface area contributed by atoms with Crippen molar-refractivity contribution in [3.05, 3.63) is 22.7 Å². The molecule has 1 atom stereocenters. The van der Waals surface area contributed by atoms with Gasteiger partial charge in [0.25, 0.3) is 11.8 Å². The second kappa shape index (κ2) is 10.8. The summed E-state index contributed by atoms with van der Waals surface area (Å²) in [4.78, 5) is 54.4. The molecule has 1 saturated heterocycles. The summed E-state index contributed by atoms with van der Waals surface area (Å²) in [6.45, 7) is 7.86. The summed E-state index contributed by atoms with van der Waals surface area (Å²) in [5.41, 5.74) is -0.642. The Hall–Kier alpha value is -3.21. The first-order valence-corrected chi connectivity index (χ1v) is 12.2. The SMILES string of the molecule is COC(=O)NCCN1C(=O)C(C)(C)Oc2cc(Cl)c(C(=O)N(C(C)C)[C@@H]3CCCN(C(=O)O)C3)cc21. The highest BCUT2D eigenvalue weighted by molar-refractivity contribution is 6.34. The van der Waals surface area contributed by atoms with Crippen LogP contribution in [0.3, 0.4) is 0 Å². The number of carbonyl (C=O) groups is 4. The zero-order valence-corrected chi connectivity index (χ0v) is 21.9. The molecule has 0 aliphatic carbocycles. The normalized spacial score (nSPS) is 18.9. The molecule has 0 saturated carbocycles. The van der Waals surface area contributed by atoms with Crippen molar-refractivity contribution < 1.29 is 33.8 Å². The second-order valence-electron chi connectivity index (χ2n) is 9.62. The van der Waals surface area contributed by atoms with Crippen LogP contribution in [-0.4, -0.2) is 89.9 Å². The van der Waals surface area contributed by atoms with Gasteiger partial charge in [-0.05, 0) is 46.6 Å². The van der Waals surface area contributed by atoms with E-state index in [0.29, 0.717) is 30.8 Å². The van der Waals surface area contributed by atoms with Crippen LogP contribution in [-0.2, 0) is 9.53 Å². The van der Waals surface area contributed by atoms with E-state index in [1.54, 1.807) is 18.7 Å². The Bertz CT molecular complexity index is 1050. The number of benzene rings is 1. The molecule has 0 bridgehead atoms.